The van der Waals surface area contributed by atoms with Crippen LogP contribution >= 0.6 is 0 Å². The van der Waals surface area contributed by atoms with Crippen molar-refractivity contribution in [1.29, 1.82) is 0 Å². The van der Waals surface area contributed by atoms with Crippen LogP contribution in [-0.2, 0) is 10.0 Å². The molecule has 0 aromatic carbocycles. The van der Waals surface area contributed by atoms with E-state index in [0.717, 1.165) is 25.8 Å². The molecule has 15 heavy (non-hydrogen) atoms. The zero-order valence-corrected chi connectivity index (χ0v) is 9.85. The van der Waals surface area contributed by atoms with E-state index in [0.29, 0.717) is 24.3 Å². The van der Waals surface area contributed by atoms with Gasteiger partial charge in [0.1, 0.15) is 0 Å². The molecule has 0 aromatic heterocycles. The van der Waals surface area contributed by atoms with Gasteiger partial charge in [0.15, 0.2) is 0 Å². The van der Waals surface area contributed by atoms with Crippen LogP contribution < -0.4 is 10.0 Å². The van der Waals surface area contributed by atoms with Crippen LogP contribution in [0.1, 0.15) is 32.1 Å². The van der Waals surface area contributed by atoms with Crippen molar-refractivity contribution in [2.75, 3.05) is 18.8 Å². The molecule has 5 heteroatoms. The number of rotatable bonds is 5. The molecule has 1 saturated carbocycles. The smallest absolute Gasteiger partial charge is 0.211 e. The highest BCUT2D eigenvalue weighted by atomic mass is 32.2. The van der Waals surface area contributed by atoms with Gasteiger partial charge in [-0.1, -0.05) is 6.42 Å². The molecular weight excluding hydrogens is 212 g/mol. The lowest BCUT2D eigenvalue weighted by Gasteiger charge is -2.23. The van der Waals surface area contributed by atoms with Gasteiger partial charge in [0.2, 0.25) is 10.0 Å². The molecule has 1 heterocycles. The highest BCUT2D eigenvalue weighted by Gasteiger charge is 2.28. The minimum Gasteiger partial charge on any atom is -0.313 e. The van der Waals surface area contributed by atoms with Crippen LogP contribution in [0.2, 0.25) is 0 Å². The second-order valence-electron chi connectivity index (χ2n) is 4.72. The van der Waals surface area contributed by atoms with Gasteiger partial charge in [-0.25, -0.2) is 13.1 Å². The molecule has 2 fully saturated rings. The van der Waals surface area contributed by atoms with E-state index in [4.69, 9.17) is 0 Å². The van der Waals surface area contributed by atoms with E-state index in [1.54, 1.807) is 0 Å². The van der Waals surface area contributed by atoms with E-state index in [9.17, 15) is 8.42 Å². The fourth-order valence-corrected chi connectivity index (χ4v) is 3.51. The lowest BCUT2D eigenvalue weighted by Crippen LogP contribution is -2.44. The van der Waals surface area contributed by atoms with Crippen LogP contribution in [0.25, 0.3) is 0 Å². The molecule has 0 spiro atoms. The maximum absolute atomic E-state index is 11.6. The summed E-state index contributed by atoms with van der Waals surface area (Å²) >= 11 is 0. The van der Waals surface area contributed by atoms with Crippen LogP contribution in [0.5, 0.6) is 0 Å². The van der Waals surface area contributed by atoms with Gasteiger partial charge in [-0.05, 0) is 38.1 Å². The highest BCUT2D eigenvalue weighted by Crippen LogP contribution is 2.29. The Labute approximate surface area is 91.9 Å². The molecular formula is C10H20N2O2S. The largest absolute Gasteiger partial charge is 0.313 e. The Morgan fingerprint density at radius 3 is 2.60 bits per heavy atom. The molecule has 2 aliphatic rings. The normalized spacial score (nSPS) is 27.9. The van der Waals surface area contributed by atoms with Gasteiger partial charge >= 0.3 is 0 Å². The molecule has 4 nitrogen and oxygen atoms in total. The van der Waals surface area contributed by atoms with Crippen LogP contribution in [0.15, 0.2) is 0 Å². The molecule has 0 aromatic rings. The Balaban J connectivity index is 1.70. The Morgan fingerprint density at radius 2 is 2.00 bits per heavy atom. The molecule has 1 aliphatic carbocycles. The van der Waals surface area contributed by atoms with E-state index in [1.807, 2.05) is 0 Å². The van der Waals surface area contributed by atoms with Gasteiger partial charge in [-0.3, -0.25) is 0 Å². The number of piperidine rings is 1. The predicted octanol–water partition coefficient (Wildman–Crippen LogP) is 0.458. The van der Waals surface area contributed by atoms with Crippen molar-refractivity contribution in [3.63, 3.8) is 0 Å². The Bertz CT molecular complexity index is 293. The van der Waals surface area contributed by atoms with Crippen LogP contribution in [0.4, 0.5) is 0 Å². The third kappa shape index (κ3) is 4.09. The van der Waals surface area contributed by atoms with Gasteiger partial charge in [0, 0.05) is 12.6 Å². The molecule has 1 unspecified atom stereocenters. The average Bonchev–Trinajstić information content (AvgIpc) is 3.00. The lowest BCUT2D eigenvalue weighted by atomic mass is 10.1. The van der Waals surface area contributed by atoms with Crippen LogP contribution in [0.3, 0.4) is 0 Å². The van der Waals surface area contributed by atoms with Crippen LogP contribution in [0, 0.1) is 5.92 Å². The standard InChI is InChI=1S/C10H20N2O2S/c13-15(14,8-9-4-5-9)12-7-10-3-1-2-6-11-10/h9-12H,1-8H2. The number of nitrogens with one attached hydrogen (secondary N) is 2. The van der Waals surface area contributed by atoms with Gasteiger partial charge < -0.3 is 5.32 Å². The Morgan fingerprint density at radius 1 is 1.20 bits per heavy atom. The zero-order valence-electron chi connectivity index (χ0n) is 9.04. The van der Waals surface area contributed by atoms with Crippen molar-refractivity contribution in [2.24, 2.45) is 5.92 Å². The van der Waals surface area contributed by atoms with E-state index in [1.165, 1.54) is 12.8 Å². The molecule has 1 saturated heterocycles. The minimum atomic E-state index is -3.01. The predicted molar refractivity (Wildman–Crippen MR) is 60.2 cm³/mol. The van der Waals surface area contributed by atoms with E-state index < -0.39 is 10.0 Å². The molecule has 2 rings (SSSR count). The van der Waals surface area contributed by atoms with E-state index in [-0.39, 0.29) is 0 Å². The van der Waals surface area contributed by atoms with Crippen molar-refractivity contribution in [2.45, 2.75) is 38.1 Å². The molecule has 0 bridgehead atoms. The first-order valence-corrected chi connectivity index (χ1v) is 7.52. The van der Waals surface area contributed by atoms with Gasteiger partial charge in [-0.15, -0.1) is 0 Å². The Hall–Kier alpha value is -0.130. The summed E-state index contributed by atoms with van der Waals surface area (Å²) in [5, 5.41) is 3.33. The second-order valence-corrected chi connectivity index (χ2v) is 6.57. The average molecular weight is 232 g/mol. The molecule has 2 N–H and O–H groups in total. The number of hydrogen-bond donors (Lipinski definition) is 2. The van der Waals surface area contributed by atoms with Crippen molar-refractivity contribution < 1.29 is 8.42 Å². The maximum atomic E-state index is 11.6. The fourth-order valence-electron chi connectivity index (χ4n) is 1.98. The molecule has 0 radical (unpaired) electrons. The van der Waals surface area contributed by atoms with Gasteiger partial charge in [0.05, 0.1) is 5.75 Å². The van der Waals surface area contributed by atoms with E-state index >= 15 is 0 Å². The summed E-state index contributed by atoms with van der Waals surface area (Å²) in [6.45, 7) is 1.59. The Kier molecular flexibility index (Phi) is 3.64. The molecule has 0 amide bonds. The minimum absolute atomic E-state index is 0.333. The fraction of sp³-hybridized carbons (Fsp3) is 1.00. The summed E-state index contributed by atoms with van der Waals surface area (Å²) in [5.41, 5.74) is 0. The summed E-state index contributed by atoms with van der Waals surface area (Å²) in [6.07, 6.45) is 5.68. The summed E-state index contributed by atoms with van der Waals surface area (Å²) in [6, 6.07) is 0.340. The van der Waals surface area contributed by atoms with Gasteiger partial charge in [-0.2, -0.15) is 0 Å². The number of sulfonamides is 1. The molecule has 88 valence electrons. The molecule has 1 aliphatic heterocycles. The van der Waals surface area contributed by atoms with Crippen molar-refractivity contribution >= 4 is 10.0 Å². The first kappa shape index (κ1) is 11.4. The third-order valence-corrected chi connectivity index (χ3v) is 4.63. The quantitative estimate of drug-likeness (QED) is 0.724. The summed E-state index contributed by atoms with van der Waals surface area (Å²) in [4.78, 5) is 0. The van der Waals surface area contributed by atoms with Crippen molar-refractivity contribution in [3.8, 4) is 0 Å². The lowest BCUT2D eigenvalue weighted by molar-refractivity contribution is 0.398. The topological polar surface area (TPSA) is 58.2 Å². The van der Waals surface area contributed by atoms with E-state index in [2.05, 4.69) is 10.0 Å². The number of hydrogen-bond acceptors (Lipinski definition) is 3. The van der Waals surface area contributed by atoms with Crippen molar-refractivity contribution in [1.82, 2.24) is 10.0 Å². The third-order valence-electron chi connectivity index (χ3n) is 3.11. The monoisotopic (exact) mass is 232 g/mol. The van der Waals surface area contributed by atoms with Crippen molar-refractivity contribution in [3.05, 3.63) is 0 Å². The SMILES string of the molecule is O=S(=O)(CC1CC1)NCC1CCCCN1. The highest BCUT2D eigenvalue weighted by molar-refractivity contribution is 7.89. The maximum Gasteiger partial charge on any atom is 0.211 e. The first-order valence-electron chi connectivity index (χ1n) is 5.86. The zero-order chi connectivity index (χ0) is 10.7. The summed E-state index contributed by atoms with van der Waals surface area (Å²) in [5.74, 6) is 0.765. The second kappa shape index (κ2) is 4.80. The molecule has 1 atom stereocenters. The summed E-state index contributed by atoms with van der Waals surface area (Å²) < 4.78 is 25.9. The summed E-state index contributed by atoms with van der Waals surface area (Å²) in [7, 11) is -3.01. The van der Waals surface area contributed by atoms with Crippen LogP contribution in [-0.4, -0.2) is 33.3 Å². The van der Waals surface area contributed by atoms with Gasteiger partial charge in [0.25, 0.3) is 0 Å². The first-order chi connectivity index (χ1) is 7.16.